The van der Waals surface area contributed by atoms with E-state index in [0.29, 0.717) is 16.3 Å². The highest BCUT2D eigenvalue weighted by Gasteiger charge is 2.61. The number of nitrogens with zero attached hydrogens (tertiary/aromatic N) is 3. The number of benzene rings is 2. The minimum Gasteiger partial charge on any atom is -0.497 e. The Morgan fingerprint density at radius 2 is 1.81 bits per heavy atom. The molecule has 1 aliphatic carbocycles. The fraction of sp³-hybridized carbons (Fsp3) is 0.321. The fourth-order valence-electron chi connectivity index (χ4n) is 5.60. The number of imide groups is 1. The zero-order valence-electron chi connectivity index (χ0n) is 20.1. The lowest BCUT2D eigenvalue weighted by Gasteiger charge is -2.29. The van der Waals surface area contributed by atoms with Crippen LogP contribution in [-0.2, 0) is 27.3 Å². The summed E-state index contributed by atoms with van der Waals surface area (Å²) in [5.74, 6) is -0.766. The van der Waals surface area contributed by atoms with Gasteiger partial charge in [0, 0.05) is 4.88 Å². The number of methoxy groups -OCH3 is 1. The predicted octanol–water partition coefficient (Wildman–Crippen LogP) is 4.87. The first-order chi connectivity index (χ1) is 17.5. The molecule has 2 saturated heterocycles. The normalized spacial score (nSPS) is 23.0. The van der Waals surface area contributed by atoms with Crippen LogP contribution in [0, 0.1) is 24.2 Å². The number of carbonyl (C=O) groups excluding carboxylic acids is 2. The number of hydrogen-bond donors (Lipinski definition) is 0. The molecule has 0 bridgehead atoms. The summed E-state index contributed by atoms with van der Waals surface area (Å²) in [6.07, 6.45) is 2.79. The maximum Gasteiger partial charge on any atom is 0.267 e. The van der Waals surface area contributed by atoms with Crippen LogP contribution in [0.3, 0.4) is 0 Å². The third-order valence-corrected chi connectivity index (χ3v) is 8.67. The molecule has 0 N–H and O–H groups in total. The maximum atomic E-state index is 14.0. The van der Waals surface area contributed by atoms with Gasteiger partial charge in [0.2, 0.25) is 5.91 Å². The number of rotatable bonds is 4. The van der Waals surface area contributed by atoms with Gasteiger partial charge in [0.15, 0.2) is 6.10 Å². The number of ether oxygens (including phenoxy) is 1. The Kier molecular flexibility index (Phi) is 5.55. The number of hydrogen-bond acceptors (Lipinski definition) is 7. The third kappa shape index (κ3) is 3.34. The van der Waals surface area contributed by atoms with Crippen molar-refractivity contribution < 1.29 is 19.2 Å². The van der Waals surface area contributed by atoms with Crippen LogP contribution in [0.15, 0.2) is 48.5 Å². The largest absolute Gasteiger partial charge is 0.497 e. The van der Waals surface area contributed by atoms with E-state index in [0.717, 1.165) is 52.9 Å². The Morgan fingerprint density at radius 3 is 2.53 bits per heavy atom. The van der Waals surface area contributed by atoms with Crippen LogP contribution in [0.25, 0.3) is 0 Å². The van der Waals surface area contributed by atoms with Gasteiger partial charge in [-0.15, -0.1) is 11.3 Å². The molecule has 3 aliphatic rings. The number of amides is 2. The van der Waals surface area contributed by atoms with Crippen molar-refractivity contribution in [2.45, 2.75) is 44.8 Å². The molecule has 2 fully saturated rings. The van der Waals surface area contributed by atoms with Crippen molar-refractivity contribution in [1.82, 2.24) is 0 Å². The van der Waals surface area contributed by atoms with Crippen molar-refractivity contribution in [2.24, 2.45) is 5.92 Å². The summed E-state index contributed by atoms with van der Waals surface area (Å²) in [5, 5.41) is 12.1. The fourth-order valence-corrected chi connectivity index (χ4v) is 6.95. The van der Waals surface area contributed by atoms with E-state index in [2.05, 4.69) is 6.07 Å². The number of aryl methyl sites for hydroxylation is 2. The molecule has 182 valence electrons. The van der Waals surface area contributed by atoms with Crippen LogP contribution < -0.4 is 14.7 Å². The van der Waals surface area contributed by atoms with E-state index in [4.69, 9.17) is 9.57 Å². The molecular formula is C28H25N3O4S. The topological polar surface area (TPSA) is 82.9 Å². The summed E-state index contributed by atoms with van der Waals surface area (Å²) >= 11 is 1.41. The molecule has 2 amide bonds. The lowest BCUT2D eigenvalue weighted by atomic mass is 9.90. The molecule has 1 aromatic heterocycles. The monoisotopic (exact) mass is 499 g/mol. The van der Waals surface area contributed by atoms with Gasteiger partial charge in [-0.3, -0.25) is 14.4 Å². The minimum absolute atomic E-state index is 0.322. The first-order valence-corrected chi connectivity index (χ1v) is 12.9. The van der Waals surface area contributed by atoms with E-state index >= 15 is 0 Å². The van der Waals surface area contributed by atoms with Gasteiger partial charge in [-0.1, -0.05) is 30.3 Å². The van der Waals surface area contributed by atoms with Crippen molar-refractivity contribution in [2.75, 3.05) is 17.1 Å². The van der Waals surface area contributed by atoms with Gasteiger partial charge in [-0.25, -0.2) is 9.96 Å². The maximum absolute atomic E-state index is 14.0. The zero-order chi connectivity index (χ0) is 25.0. The van der Waals surface area contributed by atoms with E-state index in [1.54, 1.807) is 12.2 Å². The summed E-state index contributed by atoms with van der Waals surface area (Å²) in [5.41, 5.74) is 4.10. The Hall–Kier alpha value is -3.67. The minimum atomic E-state index is -0.963. The van der Waals surface area contributed by atoms with Gasteiger partial charge in [0.25, 0.3) is 5.91 Å². The zero-order valence-corrected chi connectivity index (χ0v) is 20.9. The number of fused-ring (bicyclic) bond motifs is 2. The van der Waals surface area contributed by atoms with Crippen molar-refractivity contribution >= 4 is 33.8 Å². The van der Waals surface area contributed by atoms with Crippen LogP contribution in [0.4, 0.5) is 10.7 Å². The molecule has 3 heterocycles. The number of hydroxylamine groups is 1. The van der Waals surface area contributed by atoms with Crippen LogP contribution in [0.1, 0.15) is 46.0 Å². The van der Waals surface area contributed by atoms with Crippen LogP contribution in [0.2, 0.25) is 0 Å². The second-order valence-electron chi connectivity index (χ2n) is 9.40. The molecule has 0 unspecified atom stereocenters. The number of carbonyl (C=O) groups is 2. The number of thiophene rings is 1. The molecule has 3 atom stereocenters. The summed E-state index contributed by atoms with van der Waals surface area (Å²) < 4.78 is 5.32. The molecule has 0 saturated carbocycles. The van der Waals surface area contributed by atoms with Crippen molar-refractivity contribution in [3.05, 3.63) is 75.7 Å². The molecule has 2 aliphatic heterocycles. The van der Waals surface area contributed by atoms with E-state index in [-0.39, 0.29) is 5.91 Å². The average Bonchev–Trinajstić information content (AvgIpc) is 3.54. The second-order valence-corrected chi connectivity index (χ2v) is 10.5. The van der Waals surface area contributed by atoms with Gasteiger partial charge in [0.05, 0.1) is 24.4 Å². The van der Waals surface area contributed by atoms with Gasteiger partial charge in [-0.05, 0) is 67.5 Å². The third-order valence-electron chi connectivity index (χ3n) is 7.39. The molecule has 0 radical (unpaired) electrons. The first-order valence-electron chi connectivity index (χ1n) is 12.1. The van der Waals surface area contributed by atoms with Crippen LogP contribution in [-0.4, -0.2) is 25.0 Å². The highest BCUT2D eigenvalue weighted by molar-refractivity contribution is 7.17. The number of para-hydroxylation sites is 1. The Labute approximate surface area is 213 Å². The van der Waals surface area contributed by atoms with Crippen LogP contribution >= 0.6 is 11.3 Å². The van der Waals surface area contributed by atoms with E-state index < -0.39 is 24.0 Å². The standard InChI is InChI=1S/C28H25N3O4S/c1-16-7-3-5-9-21(16)31-24(17-11-13-18(34-2)14-12-17)23-25(35-31)27(33)30(26(23)32)28-20(15-29)19-8-4-6-10-22(19)36-28/h3,5,7,9,11-14,23-25H,4,6,8,10H2,1-2H3/t23-,24+,25+/m0/s1. The van der Waals surface area contributed by atoms with Gasteiger partial charge < -0.3 is 4.74 Å². The summed E-state index contributed by atoms with van der Waals surface area (Å²) in [7, 11) is 1.60. The Balaban J connectivity index is 1.44. The molecule has 7 nitrogen and oxygen atoms in total. The van der Waals surface area contributed by atoms with E-state index in [1.807, 2.05) is 55.5 Å². The van der Waals surface area contributed by atoms with Gasteiger partial charge in [0.1, 0.15) is 22.7 Å². The Bertz CT molecular complexity index is 1410. The van der Waals surface area contributed by atoms with Crippen molar-refractivity contribution in [3.63, 3.8) is 0 Å². The lowest BCUT2D eigenvalue weighted by molar-refractivity contribution is -0.126. The van der Waals surface area contributed by atoms with Gasteiger partial charge in [-0.2, -0.15) is 5.26 Å². The van der Waals surface area contributed by atoms with E-state index in [1.165, 1.54) is 16.2 Å². The molecule has 0 spiro atoms. The summed E-state index contributed by atoms with van der Waals surface area (Å²) in [4.78, 5) is 36.4. The predicted molar refractivity (Wildman–Crippen MR) is 136 cm³/mol. The highest BCUT2D eigenvalue weighted by Crippen LogP contribution is 2.50. The molecule has 8 heteroatoms. The smallest absolute Gasteiger partial charge is 0.267 e. The SMILES string of the molecule is COc1ccc([C@@H]2[C@@H]3C(=O)N(c4sc5c(c4C#N)CCCC5)C(=O)[C@@H]3ON2c2ccccc2C)cc1. The second kappa shape index (κ2) is 8.77. The number of anilines is 2. The first kappa shape index (κ1) is 22.8. The quantitative estimate of drug-likeness (QED) is 0.477. The van der Waals surface area contributed by atoms with Crippen molar-refractivity contribution in [1.29, 1.82) is 5.26 Å². The van der Waals surface area contributed by atoms with Crippen LogP contribution in [0.5, 0.6) is 5.75 Å². The molecule has 36 heavy (non-hydrogen) atoms. The van der Waals surface area contributed by atoms with Gasteiger partial charge >= 0.3 is 0 Å². The lowest BCUT2D eigenvalue weighted by Crippen LogP contribution is -2.37. The molecule has 3 aromatic rings. The molecular weight excluding hydrogens is 474 g/mol. The van der Waals surface area contributed by atoms with E-state index in [9.17, 15) is 14.9 Å². The Morgan fingerprint density at radius 1 is 1.06 bits per heavy atom. The van der Waals surface area contributed by atoms with Crippen molar-refractivity contribution in [3.8, 4) is 11.8 Å². The average molecular weight is 500 g/mol. The highest BCUT2D eigenvalue weighted by atomic mass is 32.1. The molecule has 2 aromatic carbocycles. The number of nitriles is 1. The molecule has 6 rings (SSSR count). The summed E-state index contributed by atoms with van der Waals surface area (Å²) in [6.45, 7) is 1.98. The summed E-state index contributed by atoms with van der Waals surface area (Å²) in [6, 6.07) is 17.0.